The molecule has 0 saturated carbocycles. The summed E-state index contributed by atoms with van der Waals surface area (Å²) in [5, 5.41) is 17.7. The SMILES string of the molecule is CC(C)CC(NCS(=O)(=O)/N=C/NC(=O)OCc1ccccc1)C(=O)NC1(C#N)CCN(Cc2ccccc2)C1. The van der Waals surface area contributed by atoms with Gasteiger partial charge in [-0.25, -0.2) is 13.2 Å². The number of ether oxygens (including phenoxy) is 1. The highest BCUT2D eigenvalue weighted by Gasteiger charge is 2.41. The van der Waals surface area contributed by atoms with Gasteiger partial charge in [0.15, 0.2) is 0 Å². The summed E-state index contributed by atoms with van der Waals surface area (Å²) in [4.78, 5) is 27.1. The van der Waals surface area contributed by atoms with Crippen LogP contribution in [0.15, 0.2) is 65.1 Å². The standard InChI is InChI=1S/C28H36N6O5S/c1-22(2)15-25(26(35)33-28(18-29)13-14-34(19-28)16-23-9-5-3-6-10-23)31-21-40(37,38)32-20-30-27(36)39-17-24-11-7-4-8-12-24/h3-12,20,22,25,31H,13-17,19,21H2,1-2H3,(H,33,35)(H,30,32,36). The maximum atomic E-state index is 13.2. The molecule has 3 N–H and O–H groups in total. The fourth-order valence-electron chi connectivity index (χ4n) is 4.33. The zero-order chi connectivity index (χ0) is 29.0. The second-order valence-corrected chi connectivity index (χ2v) is 11.8. The van der Waals surface area contributed by atoms with Crippen molar-refractivity contribution in [2.24, 2.45) is 10.3 Å². The van der Waals surface area contributed by atoms with Crippen LogP contribution in [0.4, 0.5) is 4.79 Å². The summed E-state index contributed by atoms with van der Waals surface area (Å²) in [6.45, 7) is 5.53. The van der Waals surface area contributed by atoms with E-state index in [0.29, 0.717) is 32.5 Å². The Morgan fingerprint density at radius 1 is 1.12 bits per heavy atom. The number of hydrogen-bond acceptors (Lipinski definition) is 8. The van der Waals surface area contributed by atoms with Crippen LogP contribution in [-0.2, 0) is 32.7 Å². The van der Waals surface area contributed by atoms with Crippen LogP contribution in [0.1, 0.15) is 37.8 Å². The molecule has 1 fully saturated rings. The van der Waals surface area contributed by atoms with Crippen LogP contribution in [0.5, 0.6) is 0 Å². The Bertz CT molecular complexity index is 1300. The van der Waals surface area contributed by atoms with E-state index in [1.165, 1.54) is 0 Å². The lowest BCUT2D eigenvalue weighted by Gasteiger charge is -2.27. The molecule has 1 heterocycles. The minimum Gasteiger partial charge on any atom is -0.444 e. The van der Waals surface area contributed by atoms with Gasteiger partial charge in [0.2, 0.25) is 5.91 Å². The van der Waals surface area contributed by atoms with E-state index < -0.39 is 39.5 Å². The van der Waals surface area contributed by atoms with Gasteiger partial charge in [0.05, 0.1) is 12.1 Å². The molecule has 2 amide bonds. The summed E-state index contributed by atoms with van der Waals surface area (Å²) >= 11 is 0. The summed E-state index contributed by atoms with van der Waals surface area (Å²) in [6.07, 6.45) is 0.703. The summed E-state index contributed by atoms with van der Waals surface area (Å²) < 4.78 is 33.3. The topological polar surface area (TPSA) is 153 Å². The second kappa shape index (κ2) is 14.6. The largest absolute Gasteiger partial charge is 0.444 e. The molecule has 11 nitrogen and oxygen atoms in total. The maximum absolute atomic E-state index is 13.2. The van der Waals surface area contributed by atoms with Crippen molar-refractivity contribution in [2.75, 3.05) is 19.0 Å². The molecule has 2 aromatic rings. The Kier molecular flexibility index (Phi) is 11.2. The van der Waals surface area contributed by atoms with Gasteiger partial charge in [0.25, 0.3) is 10.0 Å². The summed E-state index contributed by atoms with van der Waals surface area (Å²) in [5.41, 5.74) is 0.830. The van der Waals surface area contributed by atoms with Crippen molar-refractivity contribution in [2.45, 2.75) is 51.4 Å². The van der Waals surface area contributed by atoms with E-state index in [1.54, 1.807) is 24.3 Å². The van der Waals surface area contributed by atoms with Gasteiger partial charge in [-0.15, -0.1) is 0 Å². The number of nitrogens with zero attached hydrogens (tertiary/aromatic N) is 3. The molecule has 40 heavy (non-hydrogen) atoms. The fourth-order valence-corrected chi connectivity index (χ4v) is 5.03. The lowest BCUT2D eigenvalue weighted by molar-refractivity contribution is -0.124. The molecule has 214 valence electrons. The van der Waals surface area contributed by atoms with E-state index in [-0.39, 0.29) is 12.5 Å². The first-order valence-corrected chi connectivity index (χ1v) is 14.7. The number of carbonyl (C=O) groups is 2. The highest BCUT2D eigenvalue weighted by Crippen LogP contribution is 2.23. The number of alkyl carbamates (subject to hydrolysis) is 1. The fraction of sp³-hybridized carbons (Fsp3) is 0.429. The number of rotatable bonds is 13. The monoisotopic (exact) mass is 568 g/mol. The van der Waals surface area contributed by atoms with Gasteiger partial charge in [0.1, 0.15) is 24.4 Å². The number of likely N-dealkylation sites (tertiary alicyclic amines) is 1. The molecule has 1 aliphatic heterocycles. The van der Waals surface area contributed by atoms with Gasteiger partial charge in [-0.3, -0.25) is 20.3 Å². The smallest absolute Gasteiger partial charge is 0.412 e. The van der Waals surface area contributed by atoms with Crippen LogP contribution in [0.3, 0.4) is 0 Å². The maximum Gasteiger partial charge on any atom is 0.412 e. The van der Waals surface area contributed by atoms with Crippen LogP contribution in [0, 0.1) is 17.2 Å². The third kappa shape index (κ3) is 10.1. The molecule has 3 rings (SSSR count). The van der Waals surface area contributed by atoms with Gasteiger partial charge < -0.3 is 10.1 Å². The molecule has 0 spiro atoms. The van der Waals surface area contributed by atoms with Crippen LogP contribution in [0.25, 0.3) is 0 Å². The highest BCUT2D eigenvalue weighted by atomic mass is 32.2. The first kappa shape index (κ1) is 30.7. The van der Waals surface area contributed by atoms with E-state index in [4.69, 9.17) is 4.74 Å². The van der Waals surface area contributed by atoms with Crippen LogP contribution >= 0.6 is 0 Å². The predicted octanol–water partition coefficient (Wildman–Crippen LogP) is 2.52. The van der Waals surface area contributed by atoms with Crippen molar-refractivity contribution in [3.8, 4) is 6.07 Å². The average molecular weight is 569 g/mol. The van der Waals surface area contributed by atoms with Crippen molar-refractivity contribution >= 4 is 28.4 Å². The number of carbonyl (C=O) groups excluding carboxylic acids is 2. The van der Waals surface area contributed by atoms with Crippen molar-refractivity contribution in [1.82, 2.24) is 20.9 Å². The van der Waals surface area contributed by atoms with E-state index in [1.807, 2.05) is 50.2 Å². The quantitative estimate of drug-likeness (QED) is 0.246. The molecule has 2 unspecified atom stereocenters. The Hall–Kier alpha value is -3.79. The minimum absolute atomic E-state index is 0.0228. The lowest BCUT2D eigenvalue weighted by atomic mass is 9.98. The van der Waals surface area contributed by atoms with Crippen molar-refractivity contribution in [1.29, 1.82) is 5.26 Å². The molecular formula is C28H36N6O5S. The Balaban J connectivity index is 1.52. The van der Waals surface area contributed by atoms with Crippen molar-refractivity contribution in [3.63, 3.8) is 0 Å². The zero-order valence-electron chi connectivity index (χ0n) is 22.7. The number of sulfonamides is 1. The number of hydrogen-bond donors (Lipinski definition) is 3. The Morgan fingerprint density at radius 2 is 1.77 bits per heavy atom. The Labute approximate surface area is 235 Å². The van der Waals surface area contributed by atoms with Gasteiger partial charge in [-0.1, -0.05) is 74.5 Å². The predicted molar refractivity (Wildman–Crippen MR) is 151 cm³/mol. The molecule has 0 aliphatic carbocycles. The molecule has 1 aliphatic rings. The third-order valence-electron chi connectivity index (χ3n) is 6.32. The van der Waals surface area contributed by atoms with Gasteiger partial charge in [-0.05, 0) is 29.9 Å². The summed E-state index contributed by atoms with van der Waals surface area (Å²) in [7, 11) is -4.07. The number of amides is 2. The molecule has 1 saturated heterocycles. The van der Waals surface area contributed by atoms with Gasteiger partial charge in [-0.2, -0.15) is 9.66 Å². The molecular weight excluding hydrogens is 532 g/mol. The Morgan fingerprint density at radius 3 is 2.40 bits per heavy atom. The third-order valence-corrected chi connectivity index (χ3v) is 7.28. The van der Waals surface area contributed by atoms with E-state index in [0.717, 1.165) is 17.5 Å². The van der Waals surface area contributed by atoms with E-state index in [2.05, 4.69) is 31.3 Å². The van der Waals surface area contributed by atoms with Gasteiger partial charge in [0, 0.05) is 19.6 Å². The summed E-state index contributed by atoms with van der Waals surface area (Å²) in [5.74, 6) is -1.00. The minimum atomic E-state index is -4.07. The number of nitrogens with one attached hydrogen (secondary N) is 3. The van der Waals surface area contributed by atoms with Crippen molar-refractivity contribution in [3.05, 3.63) is 71.8 Å². The molecule has 2 atom stereocenters. The van der Waals surface area contributed by atoms with Crippen LogP contribution in [-0.4, -0.2) is 62.2 Å². The first-order chi connectivity index (χ1) is 19.1. The first-order valence-electron chi connectivity index (χ1n) is 13.1. The summed E-state index contributed by atoms with van der Waals surface area (Å²) in [6, 6.07) is 20.3. The molecule has 0 bridgehead atoms. The van der Waals surface area contributed by atoms with E-state index in [9.17, 15) is 23.3 Å². The lowest BCUT2D eigenvalue weighted by Crippen LogP contribution is -2.56. The number of nitriles is 1. The van der Waals surface area contributed by atoms with E-state index >= 15 is 0 Å². The molecule has 12 heteroatoms. The molecule has 0 aromatic heterocycles. The molecule has 2 aromatic carbocycles. The van der Waals surface area contributed by atoms with Crippen LogP contribution in [0.2, 0.25) is 0 Å². The second-order valence-electron chi connectivity index (χ2n) is 10.2. The highest BCUT2D eigenvalue weighted by molar-refractivity contribution is 7.90. The van der Waals surface area contributed by atoms with Crippen molar-refractivity contribution < 1.29 is 22.7 Å². The molecule has 0 radical (unpaired) electrons. The van der Waals surface area contributed by atoms with Gasteiger partial charge >= 0.3 is 6.09 Å². The normalized spacial score (nSPS) is 18.4. The van der Waals surface area contributed by atoms with Crippen LogP contribution < -0.4 is 16.0 Å². The number of benzene rings is 2. The zero-order valence-corrected chi connectivity index (χ0v) is 23.6. The average Bonchev–Trinajstić information content (AvgIpc) is 3.33.